The molecule has 1 atom stereocenters. The third-order valence-corrected chi connectivity index (χ3v) is 6.55. The van der Waals surface area contributed by atoms with Crippen LogP contribution in [0.2, 0.25) is 5.02 Å². The monoisotopic (exact) mass is 426 g/mol. The molecule has 0 bridgehead atoms. The molecule has 2 amide bonds. The summed E-state index contributed by atoms with van der Waals surface area (Å²) in [5.74, 6) is -1.20. The molecule has 2 N–H and O–H groups in total. The third kappa shape index (κ3) is 4.26. The van der Waals surface area contributed by atoms with Gasteiger partial charge in [-0.3, -0.25) is 9.59 Å². The lowest BCUT2D eigenvalue weighted by atomic mass is 10.2. The van der Waals surface area contributed by atoms with E-state index in [4.69, 9.17) is 16.3 Å². The predicted octanol–water partition coefficient (Wildman–Crippen LogP) is 3.00. The number of carbonyl (C=O) groups is 2. The number of anilines is 2. The van der Waals surface area contributed by atoms with Crippen LogP contribution in [0.1, 0.15) is 13.3 Å². The van der Waals surface area contributed by atoms with E-state index in [1.807, 2.05) is 0 Å². The fourth-order valence-electron chi connectivity index (χ4n) is 2.63. The first-order chi connectivity index (χ1) is 13.2. The summed E-state index contributed by atoms with van der Waals surface area (Å²) in [4.78, 5) is 23.6. The van der Waals surface area contributed by atoms with Gasteiger partial charge in [-0.1, -0.05) is 11.6 Å². The van der Waals surface area contributed by atoms with Crippen molar-refractivity contribution in [1.82, 2.24) is 0 Å². The quantitative estimate of drug-likeness (QED) is 0.765. The number of amides is 2. The second kappa shape index (κ2) is 7.76. The second-order valence-corrected chi connectivity index (χ2v) is 9.00. The molecule has 1 heterocycles. The number of hydrogen-bond donors (Lipinski definition) is 2. The Morgan fingerprint density at radius 2 is 2.07 bits per heavy atom. The van der Waals surface area contributed by atoms with Crippen LogP contribution < -0.4 is 15.4 Å². The Bertz CT molecular complexity index is 1060. The summed E-state index contributed by atoms with van der Waals surface area (Å²) in [6.07, 6.45) is -0.322. The van der Waals surface area contributed by atoms with E-state index in [0.717, 1.165) is 6.07 Å². The summed E-state index contributed by atoms with van der Waals surface area (Å²) < 4.78 is 43.9. The molecule has 0 aromatic heterocycles. The van der Waals surface area contributed by atoms with Crippen LogP contribution in [0.15, 0.2) is 41.3 Å². The fraction of sp³-hybridized carbons (Fsp3) is 0.222. The standard InChI is InChI=1S/C18H16ClFN2O5S/c1-10(6-17(23)21-11-2-4-14(20)13(19)7-11)28(25,26)12-3-5-16-15(8-12)22-18(24)9-27-16/h2-5,7-8,10H,6,9H2,1H3,(H,21,23)(H,22,24)/t10-/m0/s1. The number of rotatable bonds is 5. The molecular formula is C18H16ClFN2O5S. The number of benzene rings is 2. The molecular weight excluding hydrogens is 411 g/mol. The normalized spacial score (nSPS) is 14.5. The van der Waals surface area contributed by atoms with Crippen LogP contribution in [0.5, 0.6) is 5.75 Å². The molecule has 0 aliphatic carbocycles. The van der Waals surface area contributed by atoms with Crippen molar-refractivity contribution in [2.24, 2.45) is 0 Å². The number of halogens is 2. The van der Waals surface area contributed by atoms with Crippen molar-refractivity contribution < 1.29 is 27.1 Å². The molecule has 7 nitrogen and oxygen atoms in total. The van der Waals surface area contributed by atoms with Gasteiger partial charge in [-0.2, -0.15) is 0 Å². The molecule has 0 spiro atoms. The molecule has 10 heteroatoms. The molecule has 2 aromatic carbocycles. The van der Waals surface area contributed by atoms with Crippen LogP contribution in [0.4, 0.5) is 15.8 Å². The van der Waals surface area contributed by atoms with E-state index in [9.17, 15) is 22.4 Å². The third-order valence-electron chi connectivity index (χ3n) is 4.12. The van der Waals surface area contributed by atoms with Crippen molar-refractivity contribution in [3.8, 4) is 5.75 Å². The van der Waals surface area contributed by atoms with Gasteiger partial charge in [0.2, 0.25) is 5.91 Å². The molecule has 0 radical (unpaired) electrons. The maximum atomic E-state index is 13.2. The lowest BCUT2D eigenvalue weighted by Gasteiger charge is -2.19. The Labute approximate surface area is 165 Å². The summed E-state index contributed by atoms with van der Waals surface area (Å²) in [7, 11) is -3.85. The molecule has 3 rings (SSSR count). The van der Waals surface area contributed by atoms with Crippen LogP contribution in [0.3, 0.4) is 0 Å². The Hall–Kier alpha value is -2.65. The number of hydrogen-bond acceptors (Lipinski definition) is 5. The fourth-order valence-corrected chi connectivity index (χ4v) is 4.18. The van der Waals surface area contributed by atoms with Crippen molar-refractivity contribution >= 4 is 44.6 Å². The van der Waals surface area contributed by atoms with Gasteiger partial charge < -0.3 is 15.4 Å². The molecule has 2 aromatic rings. The first-order valence-electron chi connectivity index (χ1n) is 8.22. The van der Waals surface area contributed by atoms with Gasteiger partial charge in [0.25, 0.3) is 5.91 Å². The highest BCUT2D eigenvalue weighted by atomic mass is 35.5. The lowest BCUT2D eigenvalue weighted by Crippen LogP contribution is -2.27. The zero-order valence-electron chi connectivity index (χ0n) is 14.7. The van der Waals surface area contributed by atoms with Gasteiger partial charge in [-0.05, 0) is 43.3 Å². The van der Waals surface area contributed by atoms with E-state index >= 15 is 0 Å². The molecule has 148 valence electrons. The smallest absolute Gasteiger partial charge is 0.262 e. The van der Waals surface area contributed by atoms with Crippen molar-refractivity contribution in [1.29, 1.82) is 0 Å². The second-order valence-electron chi connectivity index (χ2n) is 6.23. The van der Waals surface area contributed by atoms with Gasteiger partial charge in [0.05, 0.1) is 20.9 Å². The topological polar surface area (TPSA) is 102 Å². The van der Waals surface area contributed by atoms with Gasteiger partial charge in [-0.25, -0.2) is 12.8 Å². The first kappa shape index (κ1) is 20.1. The van der Waals surface area contributed by atoms with E-state index in [2.05, 4.69) is 10.6 Å². The Kier molecular flexibility index (Phi) is 5.57. The highest BCUT2D eigenvalue weighted by Crippen LogP contribution is 2.31. The summed E-state index contributed by atoms with van der Waals surface area (Å²) in [5, 5.41) is 3.84. The maximum Gasteiger partial charge on any atom is 0.262 e. The number of sulfone groups is 1. The number of nitrogens with one attached hydrogen (secondary N) is 2. The summed E-state index contributed by atoms with van der Waals surface area (Å²) in [6, 6.07) is 7.77. The van der Waals surface area contributed by atoms with E-state index in [-0.39, 0.29) is 40.2 Å². The highest BCUT2D eigenvalue weighted by Gasteiger charge is 2.28. The van der Waals surface area contributed by atoms with Gasteiger partial charge in [0.1, 0.15) is 11.6 Å². The SMILES string of the molecule is C[C@@H](CC(=O)Nc1ccc(F)c(Cl)c1)S(=O)(=O)c1ccc2c(c1)NC(=O)CO2. The van der Waals surface area contributed by atoms with Gasteiger partial charge in [0, 0.05) is 12.1 Å². The van der Waals surface area contributed by atoms with Crippen LogP contribution in [-0.2, 0) is 19.4 Å². The maximum absolute atomic E-state index is 13.2. The summed E-state index contributed by atoms with van der Waals surface area (Å²) in [5.41, 5.74) is 0.518. The van der Waals surface area contributed by atoms with Crippen LogP contribution in [0, 0.1) is 5.82 Å². The Balaban J connectivity index is 1.73. The largest absolute Gasteiger partial charge is 0.482 e. The van der Waals surface area contributed by atoms with Crippen molar-refractivity contribution in [3.05, 3.63) is 47.2 Å². The highest BCUT2D eigenvalue weighted by molar-refractivity contribution is 7.92. The molecule has 0 saturated heterocycles. The average Bonchev–Trinajstić information content (AvgIpc) is 2.64. The number of carbonyl (C=O) groups excluding carboxylic acids is 2. The molecule has 0 fully saturated rings. The van der Waals surface area contributed by atoms with Gasteiger partial charge >= 0.3 is 0 Å². The Morgan fingerprint density at radius 3 is 2.79 bits per heavy atom. The predicted molar refractivity (Wildman–Crippen MR) is 102 cm³/mol. The van der Waals surface area contributed by atoms with Crippen molar-refractivity contribution in [2.45, 2.75) is 23.5 Å². The molecule has 1 aliphatic rings. The lowest BCUT2D eigenvalue weighted by molar-refractivity contribution is -0.118. The zero-order valence-corrected chi connectivity index (χ0v) is 16.2. The number of fused-ring (bicyclic) bond motifs is 1. The molecule has 28 heavy (non-hydrogen) atoms. The molecule has 0 saturated carbocycles. The molecule has 1 aliphatic heterocycles. The average molecular weight is 427 g/mol. The van der Waals surface area contributed by atoms with Crippen LogP contribution in [-0.4, -0.2) is 32.1 Å². The Morgan fingerprint density at radius 1 is 1.32 bits per heavy atom. The van der Waals surface area contributed by atoms with E-state index in [0.29, 0.717) is 5.75 Å². The minimum Gasteiger partial charge on any atom is -0.482 e. The summed E-state index contributed by atoms with van der Waals surface area (Å²) >= 11 is 5.66. The van der Waals surface area contributed by atoms with E-state index < -0.39 is 26.8 Å². The van der Waals surface area contributed by atoms with Crippen molar-refractivity contribution in [2.75, 3.05) is 17.2 Å². The number of ether oxygens (including phenoxy) is 1. The van der Waals surface area contributed by atoms with Gasteiger partial charge in [0.15, 0.2) is 16.4 Å². The first-order valence-corrected chi connectivity index (χ1v) is 10.1. The van der Waals surface area contributed by atoms with E-state index in [1.54, 1.807) is 0 Å². The van der Waals surface area contributed by atoms with E-state index in [1.165, 1.54) is 37.3 Å². The van der Waals surface area contributed by atoms with Gasteiger partial charge in [-0.15, -0.1) is 0 Å². The zero-order chi connectivity index (χ0) is 20.5. The van der Waals surface area contributed by atoms with Crippen LogP contribution in [0.25, 0.3) is 0 Å². The minimum atomic E-state index is -3.85. The van der Waals surface area contributed by atoms with Crippen LogP contribution >= 0.6 is 11.6 Å². The molecule has 0 unspecified atom stereocenters. The summed E-state index contributed by atoms with van der Waals surface area (Å²) in [6.45, 7) is 1.27. The minimum absolute atomic E-state index is 0.0397. The van der Waals surface area contributed by atoms with Crippen molar-refractivity contribution in [3.63, 3.8) is 0 Å².